The van der Waals surface area contributed by atoms with Crippen LogP contribution in [0.2, 0.25) is 0 Å². The number of allylic oxidation sites excluding steroid dienone is 1. The number of nitrogens with zero attached hydrogens (tertiary/aromatic N) is 2. The first-order chi connectivity index (χ1) is 24.5. The summed E-state index contributed by atoms with van der Waals surface area (Å²) in [4.78, 5) is 43.2. The zero-order valence-corrected chi connectivity index (χ0v) is 31.4. The van der Waals surface area contributed by atoms with Crippen molar-refractivity contribution in [2.24, 2.45) is 11.7 Å². The van der Waals surface area contributed by atoms with Crippen LogP contribution in [0.15, 0.2) is 62.4 Å². The second-order valence-electron chi connectivity index (χ2n) is 12.8. The molecular weight excluding hydrogens is 643 g/mol. The molecule has 8 nitrogen and oxygen atoms in total. The van der Waals surface area contributed by atoms with Gasteiger partial charge in [-0.3, -0.25) is 14.4 Å². The standard InChI is InChI=1S/C38H41FN4O4.2C2H6/c1-6-10-21(3)13-15-41-33(23(5)39)37-34-25(7-2)35(44)30(38(46)42-16-14-24(40)19-42)20-43(34)31-17-28-22(4)26-11-8-9-12-27(26)36(45)29(28)18-32(31)47-37;2*1-2/h7-9,11-12,17-18,20-21,24,41H,4,6,10,13-16,19,40H2,1-3,5H3;2*1-2H3/b25-7+,33-23-;;. The molecule has 3 aromatic carbocycles. The third-order valence-electron chi connectivity index (χ3n) is 9.42. The van der Waals surface area contributed by atoms with Gasteiger partial charge in [0.1, 0.15) is 22.6 Å². The van der Waals surface area contributed by atoms with Crippen LogP contribution in [-0.2, 0) is 0 Å². The summed E-state index contributed by atoms with van der Waals surface area (Å²) >= 11 is 0. The summed E-state index contributed by atoms with van der Waals surface area (Å²) < 4.78 is 23.7. The van der Waals surface area contributed by atoms with Crippen LogP contribution in [0, 0.1) is 5.92 Å². The summed E-state index contributed by atoms with van der Waals surface area (Å²) in [7, 11) is 0. The Morgan fingerprint density at radius 3 is 2.37 bits per heavy atom. The van der Waals surface area contributed by atoms with Crippen LogP contribution in [0.3, 0.4) is 0 Å². The van der Waals surface area contributed by atoms with E-state index in [0.29, 0.717) is 70.0 Å². The Kier molecular flexibility index (Phi) is 13.0. The Morgan fingerprint density at radius 1 is 1.08 bits per heavy atom. The molecular formula is C42H53FN4O4. The predicted molar refractivity (Wildman–Crippen MR) is 211 cm³/mol. The number of fused-ring (bicyclic) bond motifs is 5. The molecule has 1 amide bonds. The van der Waals surface area contributed by atoms with Crippen molar-refractivity contribution >= 4 is 62.4 Å². The fraction of sp³-hybridized carbons (Fsp3) is 0.405. The van der Waals surface area contributed by atoms with Crippen molar-refractivity contribution < 1.29 is 13.6 Å². The quantitative estimate of drug-likeness (QED) is 0.131. The van der Waals surface area contributed by atoms with Crippen LogP contribution >= 0.6 is 0 Å². The van der Waals surface area contributed by atoms with E-state index in [-0.39, 0.29) is 33.7 Å². The van der Waals surface area contributed by atoms with Gasteiger partial charge in [0, 0.05) is 47.9 Å². The van der Waals surface area contributed by atoms with Gasteiger partial charge >= 0.3 is 0 Å². The largest absolute Gasteiger partial charge is 0.451 e. The Hall–Kier alpha value is -4.76. The molecule has 0 bridgehead atoms. The Morgan fingerprint density at radius 2 is 1.76 bits per heavy atom. The molecule has 2 atom stereocenters. The highest BCUT2D eigenvalue weighted by Gasteiger charge is 2.28. The lowest BCUT2D eigenvalue weighted by Crippen LogP contribution is -2.40. The number of pyridine rings is 1. The number of halogens is 1. The monoisotopic (exact) mass is 696 g/mol. The summed E-state index contributed by atoms with van der Waals surface area (Å²) in [6, 6.07) is 10.6. The predicted octanol–water partition coefficient (Wildman–Crippen LogP) is 7.22. The van der Waals surface area contributed by atoms with Crippen LogP contribution in [0.1, 0.15) is 97.2 Å². The van der Waals surface area contributed by atoms with Gasteiger partial charge in [-0.25, -0.2) is 4.39 Å². The molecule has 5 aromatic rings. The molecule has 0 spiro atoms. The van der Waals surface area contributed by atoms with Crippen molar-refractivity contribution in [2.45, 2.75) is 87.1 Å². The first-order valence-electron chi connectivity index (χ1n) is 18.4. The van der Waals surface area contributed by atoms with E-state index in [1.54, 1.807) is 40.5 Å². The molecule has 272 valence electrons. The topological polar surface area (TPSA) is 110 Å². The lowest BCUT2D eigenvalue weighted by Gasteiger charge is -2.20. The number of carbonyl (C=O) groups excluding carboxylic acids is 1. The van der Waals surface area contributed by atoms with Gasteiger partial charge in [-0.15, -0.1) is 0 Å². The van der Waals surface area contributed by atoms with Gasteiger partial charge in [-0.2, -0.15) is 0 Å². The first kappa shape index (κ1) is 39.0. The van der Waals surface area contributed by atoms with Gasteiger partial charge in [0.05, 0.1) is 5.52 Å². The minimum absolute atomic E-state index is 0.0232. The van der Waals surface area contributed by atoms with Crippen LogP contribution in [0.4, 0.5) is 4.39 Å². The van der Waals surface area contributed by atoms with Gasteiger partial charge in [0.2, 0.25) is 5.43 Å². The highest BCUT2D eigenvalue weighted by atomic mass is 19.1. The molecule has 1 saturated heterocycles. The molecule has 0 saturated carbocycles. The average molecular weight is 697 g/mol. The number of likely N-dealkylation sites (tertiary alicyclic amines) is 1. The van der Waals surface area contributed by atoms with E-state index in [0.717, 1.165) is 24.6 Å². The Bertz CT molecular complexity index is 2340. The van der Waals surface area contributed by atoms with Crippen LogP contribution in [0.5, 0.6) is 0 Å². The maximum absolute atomic E-state index is 15.5. The zero-order chi connectivity index (χ0) is 37.6. The molecule has 1 fully saturated rings. The molecule has 3 heterocycles. The van der Waals surface area contributed by atoms with Crippen LogP contribution in [-0.4, -0.2) is 40.9 Å². The smallest absolute Gasteiger partial charge is 0.259 e. The number of nitrogens with two attached hydrogens (primary N) is 1. The number of benzene rings is 3. The third-order valence-corrected chi connectivity index (χ3v) is 9.42. The molecule has 3 N–H and O–H groups in total. The van der Waals surface area contributed by atoms with Crippen molar-refractivity contribution in [1.29, 1.82) is 0 Å². The fourth-order valence-corrected chi connectivity index (χ4v) is 6.90. The molecule has 6 rings (SSSR count). The summed E-state index contributed by atoms with van der Waals surface area (Å²) in [5.41, 5.74) is 6.64. The summed E-state index contributed by atoms with van der Waals surface area (Å²) in [5.74, 6) is -0.393. The minimum Gasteiger partial charge on any atom is -0.451 e. The molecule has 0 radical (unpaired) electrons. The van der Waals surface area contributed by atoms with Crippen molar-refractivity contribution in [2.75, 3.05) is 19.6 Å². The van der Waals surface area contributed by atoms with E-state index in [4.69, 9.17) is 10.2 Å². The normalized spacial score (nSPS) is 15.8. The van der Waals surface area contributed by atoms with Crippen LogP contribution < -0.4 is 32.3 Å². The lowest BCUT2D eigenvalue weighted by molar-refractivity contribution is 0.0789. The summed E-state index contributed by atoms with van der Waals surface area (Å²) in [5, 5.41) is 6.41. The third kappa shape index (κ3) is 7.49. The van der Waals surface area contributed by atoms with E-state index in [9.17, 15) is 14.4 Å². The lowest BCUT2D eigenvalue weighted by atomic mass is 9.99. The number of rotatable bonds is 8. The van der Waals surface area contributed by atoms with E-state index >= 15 is 4.39 Å². The number of aromatic nitrogens is 1. The van der Waals surface area contributed by atoms with Crippen molar-refractivity contribution in [3.63, 3.8) is 0 Å². The molecule has 1 aliphatic heterocycles. The number of nitrogens with one attached hydrogen (secondary N) is 1. The maximum atomic E-state index is 15.5. The highest BCUT2D eigenvalue weighted by molar-refractivity contribution is 6.04. The number of amides is 1. The van der Waals surface area contributed by atoms with Crippen molar-refractivity contribution in [3.05, 3.63) is 90.6 Å². The van der Waals surface area contributed by atoms with E-state index in [1.807, 2.05) is 45.9 Å². The summed E-state index contributed by atoms with van der Waals surface area (Å²) in [6.07, 6.45) is 6.70. The molecule has 9 heteroatoms. The molecule has 2 unspecified atom stereocenters. The second kappa shape index (κ2) is 17.0. The minimum atomic E-state index is -0.518. The van der Waals surface area contributed by atoms with Gasteiger partial charge in [0.25, 0.3) is 5.91 Å². The fourth-order valence-electron chi connectivity index (χ4n) is 6.90. The van der Waals surface area contributed by atoms with Gasteiger partial charge < -0.3 is 24.8 Å². The second-order valence-corrected chi connectivity index (χ2v) is 12.8. The SMILES string of the molecule is C=c1c2ccccc2c(=O)c2cc3oc(/C(NCCC(C)CCC)=C(\C)F)c4/c(=C\C)c(=O)c(C(=O)N5CCC(N)C5)cn4c3cc12.CC.CC. The number of carbonyl (C=O) groups is 1. The molecule has 1 aliphatic rings. The van der Waals surface area contributed by atoms with Crippen molar-refractivity contribution in [1.82, 2.24) is 14.6 Å². The van der Waals surface area contributed by atoms with E-state index < -0.39 is 17.2 Å². The Labute approximate surface area is 299 Å². The number of hydrogen-bond donors (Lipinski definition) is 2. The summed E-state index contributed by atoms with van der Waals surface area (Å²) in [6.45, 7) is 20.9. The molecule has 2 aromatic heterocycles. The van der Waals surface area contributed by atoms with E-state index in [1.165, 1.54) is 13.1 Å². The Balaban J connectivity index is 0.00000141. The maximum Gasteiger partial charge on any atom is 0.259 e. The zero-order valence-electron chi connectivity index (χ0n) is 31.4. The average Bonchev–Trinajstić information content (AvgIpc) is 3.58. The van der Waals surface area contributed by atoms with Gasteiger partial charge in [-0.05, 0) is 60.7 Å². The van der Waals surface area contributed by atoms with Gasteiger partial charge in [-0.1, -0.05) is 91.3 Å². The van der Waals surface area contributed by atoms with Crippen LogP contribution in [0.25, 0.3) is 56.5 Å². The molecule has 0 aliphatic carbocycles. The van der Waals surface area contributed by atoms with Crippen molar-refractivity contribution in [3.8, 4) is 0 Å². The highest BCUT2D eigenvalue weighted by Crippen LogP contribution is 2.29. The number of hydrogen-bond acceptors (Lipinski definition) is 6. The van der Waals surface area contributed by atoms with E-state index in [2.05, 4.69) is 25.7 Å². The molecule has 51 heavy (non-hydrogen) atoms. The van der Waals surface area contributed by atoms with Gasteiger partial charge in [0.15, 0.2) is 16.8 Å². The first-order valence-corrected chi connectivity index (χ1v) is 18.4.